The molecule has 1 aromatic heterocycles. The lowest BCUT2D eigenvalue weighted by atomic mass is 9.80. The van der Waals surface area contributed by atoms with E-state index in [1.54, 1.807) is 24.3 Å². The van der Waals surface area contributed by atoms with Gasteiger partial charge in [-0.3, -0.25) is 0 Å². The lowest BCUT2D eigenvalue weighted by Gasteiger charge is -2.29. The third-order valence-corrected chi connectivity index (χ3v) is 6.87. The van der Waals surface area contributed by atoms with Crippen LogP contribution in [0.25, 0.3) is 22.2 Å². The van der Waals surface area contributed by atoms with Crippen LogP contribution < -0.4 is 0 Å². The molecule has 5 rings (SSSR count). The third kappa shape index (κ3) is 3.43. The van der Waals surface area contributed by atoms with Crippen molar-refractivity contribution in [3.05, 3.63) is 58.9 Å². The predicted molar refractivity (Wildman–Crippen MR) is 117 cm³/mol. The normalized spacial score (nSPS) is 21.9. The fourth-order valence-corrected chi connectivity index (χ4v) is 5.38. The number of aromatic nitrogens is 1. The SMILES string of the molecule is CN1CCn2c(c([C@@H]3CCCC[C@H]3F)c3ccc(C(=O)O)cc32)-c2ccc(F)cc2C1. The summed E-state index contributed by atoms with van der Waals surface area (Å²) in [7, 11) is 1.99. The summed E-state index contributed by atoms with van der Waals surface area (Å²) >= 11 is 0. The van der Waals surface area contributed by atoms with Gasteiger partial charge >= 0.3 is 5.97 Å². The average Bonchev–Trinajstić information content (AvgIpc) is 3.04. The number of aromatic carboxylic acids is 1. The monoisotopic (exact) mass is 424 g/mol. The molecule has 0 radical (unpaired) electrons. The Balaban J connectivity index is 1.86. The van der Waals surface area contributed by atoms with Gasteiger partial charge in [0.05, 0.1) is 11.3 Å². The van der Waals surface area contributed by atoms with Crippen LogP contribution in [0.1, 0.15) is 53.1 Å². The lowest BCUT2D eigenvalue weighted by molar-refractivity contribution is 0.0697. The van der Waals surface area contributed by atoms with Crippen LogP contribution in [0.4, 0.5) is 8.78 Å². The van der Waals surface area contributed by atoms with E-state index in [9.17, 15) is 14.3 Å². The van der Waals surface area contributed by atoms with Crippen LogP contribution >= 0.6 is 0 Å². The molecule has 0 bridgehead atoms. The minimum atomic E-state index is -0.981. The van der Waals surface area contributed by atoms with Crippen LogP contribution in [0.15, 0.2) is 36.4 Å². The summed E-state index contributed by atoms with van der Waals surface area (Å²) in [6.07, 6.45) is 2.25. The summed E-state index contributed by atoms with van der Waals surface area (Å²) in [5, 5.41) is 10.5. The first-order chi connectivity index (χ1) is 14.9. The summed E-state index contributed by atoms with van der Waals surface area (Å²) in [5.41, 5.74) is 4.69. The smallest absolute Gasteiger partial charge is 0.335 e. The number of carboxylic acids is 1. The molecule has 2 aromatic carbocycles. The van der Waals surface area contributed by atoms with Gasteiger partial charge in [0.25, 0.3) is 0 Å². The number of rotatable bonds is 2. The Bertz CT molecular complexity index is 1170. The van der Waals surface area contributed by atoms with Crippen LogP contribution in [0.2, 0.25) is 0 Å². The largest absolute Gasteiger partial charge is 0.478 e. The minimum absolute atomic E-state index is 0.217. The van der Waals surface area contributed by atoms with Crippen molar-refractivity contribution in [1.29, 1.82) is 0 Å². The maximum Gasteiger partial charge on any atom is 0.335 e. The third-order valence-electron chi connectivity index (χ3n) is 6.87. The number of hydrogen-bond donors (Lipinski definition) is 1. The molecule has 1 N–H and O–H groups in total. The van der Waals surface area contributed by atoms with Crippen molar-refractivity contribution in [3.8, 4) is 11.3 Å². The molecule has 4 nitrogen and oxygen atoms in total. The molecule has 0 saturated heterocycles. The topological polar surface area (TPSA) is 45.5 Å². The molecule has 2 aliphatic rings. The van der Waals surface area contributed by atoms with Crippen molar-refractivity contribution < 1.29 is 18.7 Å². The highest BCUT2D eigenvalue weighted by Crippen LogP contribution is 2.46. The fraction of sp³-hybridized carbons (Fsp3) is 0.400. The molecule has 0 amide bonds. The summed E-state index contributed by atoms with van der Waals surface area (Å²) in [6.45, 7) is 2.00. The maximum absolute atomic E-state index is 15.2. The number of carboxylic acid groups (broad SMARTS) is 1. The van der Waals surface area contributed by atoms with Gasteiger partial charge in [0.2, 0.25) is 0 Å². The molecule has 1 aliphatic carbocycles. The second-order valence-electron chi connectivity index (χ2n) is 8.90. The zero-order chi connectivity index (χ0) is 21.7. The standard InChI is InChI=1S/C25H26F2N2O2/c1-28-10-11-29-22-13-15(25(30)31)6-8-20(22)23(19-4-2-3-5-21(19)27)24(29)18-9-7-17(26)12-16(18)14-28/h6-9,12-13,19,21H,2-5,10-11,14H2,1H3,(H,30,31)/t19-,21-/m1/s1. The summed E-state index contributed by atoms with van der Waals surface area (Å²) in [6, 6.07) is 9.97. The van der Waals surface area contributed by atoms with Gasteiger partial charge in [-0.2, -0.15) is 0 Å². The highest BCUT2D eigenvalue weighted by molar-refractivity contribution is 5.98. The number of halogens is 2. The molecule has 0 unspecified atom stereocenters. The number of likely N-dealkylation sites (N-methyl/N-ethyl adjacent to an activating group) is 1. The zero-order valence-corrected chi connectivity index (χ0v) is 17.6. The molecule has 2 atom stereocenters. The van der Waals surface area contributed by atoms with Crippen LogP contribution in [-0.4, -0.2) is 40.3 Å². The van der Waals surface area contributed by atoms with E-state index >= 15 is 4.39 Å². The Hall–Kier alpha value is -2.73. The quantitative estimate of drug-likeness (QED) is 0.584. The Labute approximate surface area is 180 Å². The van der Waals surface area contributed by atoms with Crippen LogP contribution in [0.3, 0.4) is 0 Å². The van der Waals surface area contributed by atoms with Gasteiger partial charge in [0, 0.05) is 42.0 Å². The second kappa shape index (κ2) is 7.75. The number of benzene rings is 2. The van der Waals surface area contributed by atoms with E-state index in [1.807, 2.05) is 13.1 Å². The summed E-state index contributed by atoms with van der Waals surface area (Å²) < 4.78 is 31.5. The molecule has 31 heavy (non-hydrogen) atoms. The lowest BCUT2D eigenvalue weighted by Crippen LogP contribution is -2.26. The van der Waals surface area contributed by atoms with Gasteiger partial charge < -0.3 is 14.6 Å². The summed E-state index contributed by atoms with van der Waals surface area (Å²) in [5.74, 6) is -1.50. The first-order valence-electron chi connectivity index (χ1n) is 10.9. The molecule has 1 aliphatic heterocycles. The van der Waals surface area contributed by atoms with Gasteiger partial charge in [-0.05, 0) is 61.3 Å². The molecule has 3 aromatic rings. The van der Waals surface area contributed by atoms with Crippen molar-refractivity contribution in [1.82, 2.24) is 9.47 Å². The van der Waals surface area contributed by atoms with E-state index in [1.165, 1.54) is 6.07 Å². The van der Waals surface area contributed by atoms with Gasteiger partial charge in [0.15, 0.2) is 0 Å². The molecule has 162 valence electrons. The Morgan fingerprint density at radius 2 is 1.90 bits per heavy atom. The summed E-state index contributed by atoms with van der Waals surface area (Å²) in [4.78, 5) is 13.8. The Morgan fingerprint density at radius 3 is 2.68 bits per heavy atom. The maximum atomic E-state index is 15.2. The van der Waals surface area contributed by atoms with Crippen molar-refractivity contribution in [2.45, 2.75) is 50.9 Å². The average molecular weight is 424 g/mol. The van der Waals surface area contributed by atoms with Crippen molar-refractivity contribution in [3.63, 3.8) is 0 Å². The fourth-order valence-electron chi connectivity index (χ4n) is 5.38. The predicted octanol–water partition coefficient (Wildman–Crippen LogP) is 5.59. The molecular weight excluding hydrogens is 398 g/mol. The van der Waals surface area contributed by atoms with Crippen molar-refractivity contribution in [2.24, 2.45) is 0 Å². The molecule has 0 spiro atoms. The number of carbonyl (C=O) groups is 1. The molecule has 2 heterocycles. The van der Waals surface area contributed by atoms with Gasteiger partial charge in [-0.1, -0.05) is 18.9 Å². The van der Waals surface area contributed by atoms with Crippen LogP contribution in [-0.2, 0) is 13.1 Å². The highest BCUT2D eigenvalue weighted by atomic mass is 19.1. The number of alkyl halides is 1. The number of fused-ring (bicyclic) bond motifs is 5. The van der Waals surface area contributed by atoms with E-state index in [0.29, 0.717) is 19.5 Å². The molecular formula is C25H26F2N2O2. The van der Waals surface area contributed by atoms with E-state index in [0.717, 1.165) is 59.1 Å². The van der Waals surface area contributed by atoms with Crippen molar-refractivity contribution >= 4 is 16.9 Å². The van der Waals surface area contributed by atoms with Gasteiger partial charge in [-0.25, -0.2) is 13.6 Å². The Morgan fingerprint density at radius 1 is 1.10 bits per heavy atom. The molecule has 6 heteroatoms. The number of hydrogen-bond acceptors (Lipinski definition) is 2. The van der Waals surface area contributed by atoms with Crippen molar-refractivity contribution in [2.75, 3.05) is 13.6 Å². The second-order valence-corrected chi connectivity index (χ2v) is 8.90. The first-order valence-corrected chi connectivity index (χ1v) is 10.9. The minimum Gasteiger partial charge on any atom is -0.478 e. The van der Waals surface area contributed by atoms with Gasteiger partial charge in [-0.15, -0.1) is 0 Å². The van der Waals surface area contributed by atoms with E-state index in [-0.39, 0.29) is 17.3 Å². The Kier molecular flexibility index (Phi) is 5.05. The molecule has 1 fully saturated rings. The number of nitrogens with zero attached hydrogens (tertiary/aromatic N) is 2. The van der Waals surface area contributed by atoms with E-state index in [2.05, 4.69) is 9.47 Å². The van der Waals surface area contributed by atoms with E-state index < -0.39 is 12.1 Å². The highest BCUT2D eigenvalue weighted by Gasteiger charge is 2.34. The van der Waals surface area contributed by atoms with Gasteiger partial charge in [0.1, 0.15) is 12.0 Å². The zero-order valence-electron chi connectivity index (χ0n) is 17.6. The van der Waals surface area contributed by atoms with E-state index in [4.69, 9.17) is 0 Å². The molecule has 1 saturated carbocycles. The first kappa shape index (κ1) is 20.2. The van der Waals surface area contributed by atoms with Crippen LogP contribution in [0, 0.1) is 5.82 Å². The van der Waals surface area contributed by atoms with Crippen LogP contribution in [0.5, 0.6) is 0 Å².